The molecule has 1 saturated heterocycles. The van der Waals surface area contributed by atoms with E-state index in [0.29, 0.717) is 0 Å². The van der Waals surface area contributed by atoms with Gasteiger partial charge in [-0.1, -0.05) is 18.2 Å². The first-order valence-electron chi connectivity index (χ1n) is 8.20. The second kappa shape index (κ2) is 7.61. The number of methoxy groups -OCH3 is 1. The Morgan fingerprint density at radius 1 is 1.24 bits per heavy atom. The number of para-hydroxylation sites is 1. The van der Waals surface area contributed by atoms with Crippen LogP contribution in [0.3, 0.4) is 0 Å². The first kappa shape index (κ1) is 17.4. The molecule has 0 unspecified atom stereocenters. The molecule has 0 aromatic heterocycles. The van der Waals surface area contributed by atoms with Crippen molar-refractivity contribution in [3.63, 3.8) is 0 Å². The van der Waals surface area contributed by atoms with Crippen molar-refractivity contribution < 1.29 is 18.3 Å². The third-order valence-electron chi connectivity index (χ3n) is 4.42. The van der Waals surface area contributed by atoms with Gasteiger partial charge in [0.2, 0.25) is 5.91 Å². The molecule has 132 valence electrons. The predicted molar refractivity (Wildman–Crippen MR) is 91.5 cm³/mol. The Balaban J connectivity index is 1.70. The Morgan fingerprint density at radius 3 is 2.68 bits per heavy atom. The van der Waals surface area contributed by atoms with Crippen LogP contribution < -0.4 is 10.1 Å². The zero-order chi connectivity index (χ0) is 17.8. The zero-order valence-corrected chi connectivity index (χ0v) is 14.0. The molecule has 2 aromatic rings. The molecule has 1 aliphatic heterocycles. The van der Waals surface area contributed by atoms with Crippen molar-refractivity contribution in [2.45, 2.75) is 18.9 Å². The van der Waals surface area contributed by atoms with Gasteiger partial charge >= 0.3 is 0 Å². The molecule has 0 bridgehead atoms. The fourth-order valence-corrected chi connectivity index (χ4v) is 3.22. The van der Waals surface area contributed by atoms with E-state index < -0.39 is 23.2 Å². The van der Waals surface area contributed by atoms with Gasteiger partial charge in [-0.05, 0) is 49.2 Å². The number of amides is 1. The third kappa shape index (κ3) is 3.96. The van der Waals surface area contributed by atoms with Gasteiger partial charge in [0.05, 0.1) is 13.7 Å². The van der Waals surface area contributed by atoms with Crippen LogP contribution in [-0.2, 0) is 4.79 Å². The molecule has 2 aromatic carbocycles. The highest BCUT2D eigenvalue weighted by Gasteiger charge is 2.28. The first-order valence-corrected chi connectivity index (χ1v) is 8.20. The van der Waals surface area contributed by atoms with E-state index in [9.17, 15) is 13.6 Å². The number of halogens is 2. The molecule has 1 fully saturated rings. The molecule has 1 atom stereocenters. The van der Waals surface area contributed by atoms with E-state index in [1.807, 2.05) is 29.2 Å². The number of anilines is 1. The molecule has 4 nitrogen and oxygen atoms in total. The van der Waals surface area contributed by atoms with Crippen LogP contribution in [0.2, 0.25) is 0 Å². The average Bonchev–Trinajstić information content (AvgIpc) is 3.06. The number of ether oxygens (including phenoxy) is 1. The Morgan fingerprint density at radius 2 is 1.96 bits per heavy atom. The van der Waals surface area contributed by atoms with Crippen molar-refractivity contribution in [3.05, 3.63) is 59.7 Å². The molecule has 0 saturated carbocycles. The second-order valence-corrected chi connectivity index (χ2v) is 6.05. The van der Waals surface area contributed by atoms with Gasteiger partial charge in [0.15, 0.2) is 0 Å². The molecule has 0 spiro atoms. The van der Waals surface area contributed by atoms with Crippen LogP contribution >= 0.6 is 0 Å². The number of carbonyl (C=O) groups is 1. The van der Waals surface area contributed by atoms with Gasteiger partial charge in [-0.25, -0.2) is 8.78 Å². The quantitative estimate of drug-likeness (QED) is 0.896. The zero-order valence-electron chi connectivity index (χ0n) is 14.0. The van der Waals surface area contributed by atoms with Gasteiger partial charge in [0.25, 0.3) is 0 Å². The summed E-state index contributed by atoms with van der Waals surface area (Å²) in [4.78, 5) is 14.3. The van der Waals surface area contributed by atoms with Gasteiger partial charge in [-0.2, -0.15) is 0 Å². The number of carbonyl (C=O) groups excluding carboxylic acids is 1. The van der Waals surface area contributed by atoms with Crippen molar-refractivity contribution in [2.24, 2.45) is 0 Å². The SMILES string of the molecule is COc1cccc([C@H]2CCCN2CC(=O)Nc2c(F)cccc2F)c1. The number of nitrogens with one attached hydrogen (secondary N) is 1. The van der Waals surface area contributed by atoms with Crippen LogP contribution in [0.4, 0.5) is 14.5 Å². The predicted octanol–water partition coefficient (Wildman–Crippen LogP) is 3.75. The number of benzene rings is 2. The van der Waals surface area contributed by atoms with E-state index in [2.05, 4.69) is 5.32 Å². The highest BCUT2D eigenvalue weighted by atomic mass is 19.1. The fourth-order valence-electron chi connectivity index (χ4n) is 3.22. The van der Waals surface area contributed by atoms with E-state index in [4.69, 9.17) is 4.74 Å². The lowest BCUT2D eigenvalue weighted by molar-refractivity contribution is -0.117. The van der Waals surface area contributed by atoms with E-state index in [1.54, 1.807) is 7.11 Å². The lowest BCUT2D eigenvalue weighted by Gasteiger charge is -2.24. The molecule has 25 heavy (non-hydrogen) atoms. The molecule has 0 radical (unpaired) electrons. The van der Waals surface area contributed by atoms with Gasteiger partial charge in [-0.15, -0.1) is 0 Å². The summed E-state index contributed by atoms with van der Waals surface area (Å²) in [7, 11) is 1.61. The molecule has 6 heteroatoms. The summed E-state index contributed by atoms with van der Waals surface area (Å²) in [5.41, 5.74) is 0.673. The van der Waals surface area contributed by atoms with E-state index in [-0.39, 0.29) is 12.6 Å². The third-order valence-corrected chi connectivity index (χ3v) is 4.42. The molecule has 1 N–H and O–H groups in total. The Hall–Kier alpha value is -2.47. The lowest BCUT2D eigenvalue weighted by atomic mass is 10.0. The molecule has 0 aliphatic carbocycles. The van der Waals surface area contributed by atoms with Crippen LogP contribution in [0.15, 0.2) is 42.5 Å². The van der Waals surface area contributed by atoms with Gasteiger partial charge in [0, 0.05) is 6.04 Å². The molecule has 1 amide bonds. The molecular weight excluding hydrogens is 326 g/mol. The van der Waals surface area contributed by atoms with Crippen LogP contribution in [-0.4, -0.2) is 31.0 Å². The normalized spacial score (nSPS) is 17.5. The molecule has 3 rings (SSSR count). The second-order valence-electron chi connectivity index (χ2n) is 6.05. The number of rotatable bonds is 5. The topological polar surface area (TPSA) is 41.6 Å². The Kier molecular flexibility index (Phi) is 5.28. The maximum Gasteiger partial charge on any atom is 0.238 e. The summed E-state index contributed by atoms with van der Waals surface area (Å²) >= 11 is 0. The highest BCUT2D eigenvalue weighted by Crippen LogP contribution is 2.33. The summed E-state index contributed by atoms with van der Waals surface area (Å²) in [5, 5.41) is 2.34. The summed E-state index contributed by atoms with van der Waals surface area (Å²) in [6.45, 7) is 0.838. The minimum atomic E-state index is -0.779. The minimum Gasteiger partial charge on any atom is -0.497 e. The van der Waals surface area contributed by atoms with Crippen molar-refractivity contribution in [1.29, 1.82) is 0 Å². The van der Waals surface area contributed by atoms with Crippen LogP contribution in [0.5, 0.6) is 5.75 Å². The lowest BCUT2D eigenvalue weighted by Crippen LogP contribution is -2.33. The first-order chi connectivity index (χ1) is 12.1. The average molecular weight is 346 g/mol. The van der Waals surface area contributed by atoms with E-state index in [0.717, 1.165) is 42.8 Å². The Labute approximate surface area is 145 Å². The van der Waals surface area contributed by atoms with Crippen LogP contribution in [0.1, 0.15) is 24.4 Å². The summed E-state index contributed by atoms with van der Waals surface area (Å²) in [5.74, 6) is -1.22. The van der Waals surface area contributed by atoms with Crippen LogP contribution in [0.25, 0.3) is 0 Å². The van der Waals surface area contributed by atoms with E-state index in [1.165, 1.54) is 6.07 Å². The largest absolute Gasteiger partial charge is 0.497 e. The van der Waals surface area contributed by atoms with E-state index >= 15 is 0 Å². The smallest absolute Gasteiger partial charge is 0.238 e. The molecule has 1 heterocycles. The minimum absolute atomic E-state index is 0.0790. The molecule has 1 aliphatic rings. The maximum absolute atomic E-state index is 13.7. The van der Waals surface area contributed by atoms with Gasteiger partial charge in [0.1, 0.15) is 23.1 Å². The van der Waals surface area contributed by atoms with Crippen molar-refractivity contribution >= 4 is 11.6 Å². The number of nitrogens with zero attached hydrogens (tertiary/aromatic N) is 1. The van der Waals surface area contributed by atoms with Gasteiger partial charge < -0.3 is 10.1 Å². The maximum atomic E-state index is 13.7. The monoisotopic (exact) mass is 346 g/mol. The number of hydrogen-bond acceptors (Lipinski definition) is 3. The highest BCUT2D eigenvalue weighted by molar-refractivity contribution is 5.92. The number of likely N-dealkylation sites (tertiary alicyclic amines) is 1. The summed E-state index contributed by atoms with van der Waals surface area (Å²) in [6, 6.07) is 11.3. The van der Waals surface area contributed by atoms with Crippen molar-refractivity contribution in [3.8, 4) is 5.75 Å². The fraction of sp³-hybridized carbons (Fsp3) is 0.316. The van der Waals surface area contributed by atoms with Crippen molar-refractivity contribution in [1.82, 2.24) is 4.90 Å². The standard InChI is InChI=1S/C19H20F2N2O2/c1-25-14-6-2-5-13(11-14)17-9-4-10-23(17)12-18(24)22-19-15(20)7-3-8-16(19)21/h2-3,5-8,11,17H,4,9-10,12H2,1H3,(H,22,24)/t17-/m1/s1. The summed E-state index contributed by atoms with van der Waals surface area (Å²) < 4.78 is 32.6. The van der Waals surface area contributed by atoms with Gasteiger partial charge in [-0.3, -0.25) is 9.69 Å². The molecular formula is C19H20F2N2O2. The summed E-state index contributed by atoms with van der Waals surface area (Å²) in [6.07, 6.45) is 1.89. The van der Waals surface area contributed by atoms with Crippen LogP contribution in [0, 0.1) is 11.6 Å². The number of hydrogen-bond donors (Lipinski definition) is 1. The Bertz CT molecular complexity index is 747. The van der Waals surface area contributed by atoms with Crippen molar-refractivity contribution in [2.75, 3.05) is 25.5 Å².